The number of benzene rings is 1. The fraction of sp³-hybridized carbons (Fsp3) is 0.105. The van der Waals surface area contributed by atoms with Crippen LogP contribution in [0.1, 0.15) is 0 Å². The minimum atomic E-state index is -5.11. The third kappa shape index (κ3) is 3.51. The first-order valence-corrected chi connectivity index (χ1v) is 8.31. The number of ether oxygens (including phenoxy) is 1. The Morgan fingerprint density at radius 3 is 2.72 bits per heavy atom. The van der Waals surface area contributed by atoms with Crippen molar-refractivity contribution < 1.29 is 27.5 Å². The summed E-state index contributed by atoms with van der Waals surface area (Å²) in [6, 6.07) is 10.6. The van der Waals surface area contributed by atoms with Crippen LogP contribution in [-0.2, 0) is 4.79 Å². The number of fused-ring (bicyclic) bond motifs is 1. The second-order valence-corrected chi connectivity index (χ2v) is 5.98. The van der Waals surface area contributed by atoms with Crippen molar-refractivity contribution in [2.45, 2.75) is 6.18 Å². The number of halogens is 3. The van der Waals surface area contributed by atoms with E-state index in [9.17, 15) is 18.0 Å². The second kappa shape index (κ2) is 6.97. The molecule has 0 fully saturated rings. The van der Waals surface area contributed by atoms with Crippen LogP contribution in [0, 0.1) is 0 Å². The summed E-state index contributed by atoms with van der Waals surface area (Å²) in [5.41, 5.74) is 2.19. The number of carbonyl (C=O) groups is 1. The van der Waals surface area contributed by atoms with Crippen LogP contribution in [0.5, 0.6) is 5.75 Å². The third-order valence-electron chi connectivity index (χ3n) is 4.17. The average molecular weight is 402 g/mol. The number of rotatable bonds is 4. The molecule has 3 heterocycles. The molecule has 1 aromatic carbocycles. The normalized spacial score (nSPS) is 11.6. The summed E-state index contributed by atoms with van der Waals surface area (Å²) in [4.78, 5) is 23.9. The molecule has 0 unspecified atom stereocenters. The van der Waals surface area contributed by atoms with Gasteiger partial charge in [-0.1, -0.05) is 12.1 Å². The molecular formula is C19H13F3N4O3. The standard InChI is InChI=1S/C19H13F3N4O3/c1-28-13-4-2-3-12(9-13)15-10-25(11-24-15)16-5-7-23-17-14(16)6-8-26(17)29-18(27)19(20,21)22/h2-11H,1H3. The molecule has 0 aliphatic rings. The van der Waals surface area contributed by atoms with Gasteiger partial charge in [0.25, 0.3) is 0 Å². The zero-order chi connectivity index (χ0) is 20.6. The molecule has 0 bridgehead atoms. The average Bonchev–Trinajstić information content (AvgIpc) is 3.35. The minimum Gasteiger partial charge on any atom is -0.497 e. The Hall–Kier alpha value is -3.82. The molecule has 10 heteroatoms. The number of hydrogen-bond acceptors (Lipinski definition) is 5. The molecule has 0 radical (unpaired) electrons. The molecule has 148 valence electrons. The van der Waals surface area contributed by atoms with Gasteiger partial charge in [0.2, 0.25) is 0 Å². The molecule has 0 saturated carbocycles. The number of carbonyl (C=O) groups excluding carboxylic acids is 1. The lowest BCUT2D eigenvalue weighted by molar-refractivity contribution is -0.199. The SMILES string of the molecule is COc1cccc(-c2cn(-c3ccnc4c3ccn4OC(=O)C(F)(F)F)cn2)c1. The summed E-state index contributed by atoms with van der Waals surface area (Å²) in [7, 11) is 1.57. The van der Waals surface area contributed by atoms with E-state index in [0.29, 0.717) is 27.2 Å². The molecule has 7 nitrogen and oxygen atoms in total. The zero-order valence-electron chi connectivity index (χ0n) is 14.9. The van der Waals surface area contributed by atoms with Crippen LogP contribution >= 0.6 is 0 Å². The zero-order valence-corrected chi connectivity index (χ0v) is 14.9. The quantitative estimate of drug-likeness (QED) is 0.523. The van der Waals surface area contributed by atoms with Crippen molar-refractivity contribution in [3.05, 3.63) is 61.3 Å². The van der Waals surface area contributed by atoms with Crippen molar-refractivity contribution in [2.24, 2.45) is 0 Å². The number of imidazole rings is 1. The molecule has 0 saturated heterocycles. The first kappa shape index (κ1) is 18.5. The van der Waals surface area contributed by atoms with Crippen molar-refractivity contribution in [3.8, 4) is 22.7 Å². The largest absolute Gasteiger partial charge is 0.497 e. The van der Waals surface area contributed by atoms with E-state index >= 15 is 0 Å². The predicted molar refractivity (Wildman–Crippen MR) is 96.5 cm³/mol. The van der Waals surface area contributed by atoms with Crippen LogP contribution in [0.4, 0.5) is 13.2 Å². The molecular weight excluding hydrogens is 389 g/mol. The highest BCUT2D eigenvalue weighted by molar-refractivity contribution is 5.86. The lowest BCUT2D eigenvalue weighted by Gasteiger charge is -2.08. The van der Waals surface area contributed by atoms with Gasteiger partial charge in [-0.25, -0.2) is 14.8 Å². The van der Waals surface area contributed by atoms with Crippen LogP contribution in [-0.4, -0.2) is 38.5 Å². The van der Waals surface area contributed by atoms with E-state index < -0.39 is 12.1 Å². The summed E-state index contributed by atoms with van der Waals surface area (Å²) in [5, 5.41) is 0.483. The summed E-state index contributed by atoms with van der Waals surface area (Å²) >= 11 is 0. The molecule has 29 heavy (non-hydrogen) atoms. The highest BCUT2D eigenvalue weighted by Gasteiger charge is 2.42. The molecule has 4 aromatic rings. The van der Waals surface area contributed by atoms with Crippen LogP contribution in [0.2, 0.25) is 0 Å². The van der Waals surface area contributed by atoms with Crippen molar-refractivity contribution in [1.29, 1.82) is 0 Å². The lowest BCUT2D eigenvalue weighted by atomic mass is 10.1. The van der Waals surface area contributed by atoms with Crippen LogP contribution in [0.15, 0.2) is 61.3 Å². The van der Waals surface area contributed by atoms with Gasteiger partial charge < -0.3 is 14.1 Å². The van der Waals surface area contributed by atoms with Gasteiger partial charge in [0, 0.05) is 29.5 Å². The van der Waals surface area contributed by atoms with E-state index in [-0.39, 0.29) is 5.65 Å². The molecule has 3 aromatic heterocycles. The highest BCUT2D eigenvalue weighted by atomic mass is 19.4. The van der Waals surface area contributed by atoms with Gasteiger partial charge in [-0.05, 0) is 24.3 Å². The van der Waals surface area contributed by atoms with E-state index in [1.807, 2.05) is 24.3 Å². The van der Waals surface area contributed by atoms with E-state index in [4.69, 9.17) is 4.74 Å². The summed E-state index contributed by atoms with van der Waals surface area (Å²) < 4.78 is 45.0. The number of methoxy groups -OCH3 is 1. The molecule has 0 aliphatic heterocycles. The maximum absolute atomic E-state index is 12.5. The Morgan fingerprint density at radius 1 is 1.14 bits per heavy atom. The van der Waals surface area contributed by atoms with E-state index in [2.05, 4.69) is 14.8 Å². The molecule has 0 atom stereocenters. The summed E-state index contributed by atoms with van der Waals surface area (Å²) in [5.74, 6) is -1.64. The molecule has 0 N–H and O–H groups in total. The molecule has 0 amide bonds. The van der Waals surface area contributed by atoms with Crippen molar-refractivity contribution in [1.82, 2.24) is 19.3 Å². The van der Waals surface area contributed by atoms with Gasteiger partial charge in [-0.3, -0.25) is 0 Å². The Balaban J connectivity index is 1.70. The van der Waals surface area contributed by atoms with E-state index in [1.165, 1.54) is 18.5 Å². The molecule has 4 rings (SSSR count). The van der Waals surface area contributed by atoms with Gasteiger partial charge in [0.15, 0.2) is 5.65 Å². The Labute approximate surface area is 161 Å². The minimum absolute atomic E-state index is 0.0664. The maximum atomic E-state index is 12.5. The Bertz CT molecular complexity index is 1200. The summed E-state index contributed by atoms with van der Waals surface area (Å²) in [6.07, 6.45) is 0.834. The summed E-state index contributed by atoms with van der Waals surface area (Å²) in [6.45, 7) is 0. The number of aromatic nitrogens is 4. The van der Waals surface area contributed by atoms with Crippen LogP contribution in [0.3, 0.4) is 0 Å². The number of pyridine rings is 1. The Kier molecular flexibility index (Phi) is 4.45. The first-order chi connectivity index (χ1) is 13.9. The lowest BCUT2D eigenvalue weighted by Crippen LogP contribution is -2.33. The fourth-order valence-electron chi connectivity index (χ4n) is 2.83. The second-order valence-electron chi connectivity index (χ2n) is 5.98. The number of hydrogen-bond donors (Lipinski definition) is 0. The van der Waals surface area contributed by atoms with Crippen molar-refractivity contribution >= 4 is 17.0 Å². The molecule has 0 aliphatic carbocycles. The number of nitrogens with zero attached hydrogens (tertiary/aromatic N) is 4. The van der Waals surface area contributed by atoms with Crippen LogP contribution in [0.25, 0.3) is 28.0 Å². The van der Waals surface area contributed by atoms with E-state index in [1.54, 1.807) is 30.3 Å². The van der Waals surface area contributed by atoms with Gasteiger partial charge in [0.05, 0.1) is 24.8 Å². The maximum Gasteiger partial charge on any atom is 0.493 e. The fourth-order valence-corrected chi connectivity index (χ4v) is 2.83. The highest BCUT2D eigenvalue weighted by Crippen LogP contribution is 2.26. The van der Waals surface area contributed by atoms with Crippen molar-refractivity contribution in [2.75, 3.05) is 7.11 Å². The smallest absolute Gasteiger partial charge is 0.493 e. The predicted octanol–water partition coefficient (Wildman–Crippen LogP) is 3.42. The molecule has 0 spiro atoms. The van der Waals surface area contributed by atoms with Crippen molar-refractivity contribution in [3.63, 3.8) is 0 Å². The van der Waals surface area contributed by atoms with Gasteiger partial charge in [0.1, 0.15) is 5.75 Å². The van der Waals surface area contributed by atoms with Crippen LogP contribution < -0.4 is 9.57 Å². The Morgan fingerprint density at radius 2 is 1.97 bits per heavy atom. The number of alkyl halides is 3. The van der Waals surface area contributed by atoms with Gasteiger partial charge in [-0.2, -0.15) is 17.9 Å². The van der Waals surface area contributed by atoms with Gasteiger partial charge >= 0.3 is 12.1 Å². The van der Waals surface area contributed by atoms with E-state index in [0.717, 1.165) is 5.56 Å². The monoisotopic (exact) mass is 402 g/mol. The van der Waals surface area contributed by atoms with Gasteiger partial charge in [-0.15, -0.1) is 0 Å². The first-order valence-electron chi connectivity index (χ1n) is 8.31. The third-order valence-corrected chi connectivity index (χ3v) is 4.17. The topological polar surface area (TPSA) is 71.2 Å².